The molecule has 0 aromatic carbocycles. The van der Waals surface area contributed by atoms with Crippen LogP contribution in [0.4, 0.5) is 0 Å². The molecular weight excluding hydrogens is 596 g/mol. The molecule has 8 heteroatoms. The highest BCUT2D eigenvalue weighted by atomic mass is 16.6. The Hall–Kier alpha value is -2.26. The van der Waals surface area contributed by atoms with Gasteiger partial charge in [-0.25, -0.2) is 0 Å². The number of ether oxygens (including phenoxy) is 2. The SMILES string of the molecule is CCCCCCCCCCCCCCCC(=O)O[C@@H](CO)COC(=O)CCC[C@@H](O)[C@H](O)/C=C/C=C/C=C\C=C\[C@H](O)CCCCC. The van der Waals surface area contributed by atoms with Crippen LogP contribution in [0.1, 0.15) is 149 Å². The van der Waals surface area contributed by atoms with Gasteiger partial charge in [0.05, 0.1) is 24.9 Å². The average molecular weight is 665 g/mol. The van der Waals surface area contributed by atoms with E-state index in [0.717, 1.165) is 44.9 Å². The molecule has 0 saturated carbocycles. The predicted octanol–water partition coefficient (Wildman–Crippen LogP) is 7.97. The molecule has 0 aliphatic rings. The molecule has 0 aliphatic heterocycles. The number of aliphatic hydroxyl groups is 4. The third-order valence-electron chi connectivity index (χ3n) is 7.99. The topological polar surface area (TPSA) is 134 Å². The van der Waals surface area contributed by atoms with Crippen LogP contribution in [-0.4, -0.2) is 70.0 Å². The minimum Gasteiger partial charge on any atom is -0.462 e. The Balaban J connectivity index is 3.95. The molecule has 0 fully saturated rings. The number of rotatable bonds is 32. The van der Waals surface area contributed by atoms with Gasteiger partial charge in [-0.1, -0.05) is 159 Å². The van der Waals surface area contributed by atoms with E-state index < -0.39 is 43.0 Å². The third kappa shape index (κ3) is 30.8. The van der Waals surface area contributed by atoms with Crippen molar-refractivity contribution in [2.45, 2.75) is 173 Å². The zero-order valence-corrected chi connectivity index (χ0v) is 29.6. The summed E-state index contributed by atoms with van der Waals surface area (Å²) in [5.74, 6) is -0.922. The summed E-state index contributed by atoms with van der Waals surface area (Å²) < 4.78 is 10.4. The smallest absolute Gasteiger partial charge is 0.306 e. The van der Waals surface area contributed by atoms with Crippen molar-refractivity contribution in [3.05, 3.63) is 48.6 Å². The van der Waals surface area contributed by atoms with Gasteiger partial charge in [0.25, 0.3) is 0 Å². The van der Waals surface area contributed by atoms with E-state index in [9.17, 15) is 30.0 Å². The second-order valence-electron chi connectivity index (χ2n) is 12.5. The molecule has 0 aliphatic carbocycles. The highest BCUT2D eigenvalue weighted by molar-refractivity contribution is 5.70. The lowest BCUT2D eigenvalue weighted by Crippen LogP contribution is -2.28. The molecule has 47 heavy (non-hydrogen) atoms. The number of hydrogen-bond acceptors (Lipinski definition) is 8. The summed E-state index contributed by atoms with van der Waals surface area (Å²) >= 11 is 0. The molecule has 4 N–H and O–H groups in total. The molecule has 0 heterocycles. The van der Waals surface area contributed by atoms with Gasteiger partial charge in [0.2, 0.25) is 0 Å². The van der Waals surface area contributed by atoms with Crippen LogP contribution in [0.15, 0.2) is 48.6 Å². The standard InChI is InChI=1S/C39H68O8/c1-3-5-7-8-9-10-11-12-13-14-15-20-24-30-39(45)47-35(32-40)33-46-38(44)31-25-29-37(43)36(42)28-23-19-17-16-18-22-27-34(41)26-21-6-4-2/h16-19,22-23,27-28,34-37,40-43H,3-15,20-21,24-26,29-33H2,1-2H3/b18-16-,19-17+,27-22+,28-23+/t34-,35+,36-,37-/m1/s1. The second-order valence-corrected chi connectivity index (χ2v) is 12.5. The first kappa shape index (κ1) is 44.7. The first-order valence-corrected chi connectivity index (χ1v) is 18.5. The fourth-order valence-corrected chi connectivity index (χ4v) is 5.00. The third-order valence-corrected chi connectivity index (χ3v) is 7.99. The van der Waals surface area contributed by atoms with Crippen molar-refractivity contribution in [1.82, 2.24) is 0 Å². The fourth-order valence-electron chi connectivity index (χ4n) is 5.00. The quantitative estimate of drug-likeness (QED) is 0.0323. The molecule has 272 valence electrons. The summed E-state index contributed by atoms with van der Waals surface area (Å²) in [7, 11) is 0. The average Bonchev–Trinajstić information content (AvgIpc) is 3.06. The van der Waals surface area contributed by atoms with Crippen molar-refractivity contribution in [3.8, 4) is 0 Å². The van der Waals surface area contributed by atoms with Crippen molar-refractivity contribution in [2.24, 2.45) is 0 Å². The summed E-state index contributed by atoms with van der Waals surface area (Å²) in [6, 6.07) is 0. The monoisotopic (exact) mass is 664 g/mol. The summed E-state index contributed by atoms with van der Waals surface area (Å²) in [5, 5.41) is 39.6. The molecular formula is C39H68O8. The van der Waals surface area contributed by atoms with Gasteiger partial charge in [-0.2, -0.15) is 0 Å². The van der Waals surface area contributed by atoms with E-state index in [1.54, 1.807) is 36.5 Å². The van der Waals surface area contributed by atoms with Gasteiger partial charge in [-0.05, 0) is 25.7 Å². The highest BCUT2D eigenvalue weighted by Crippen LogP contribution is 2.14. The van der Waals surface area contributed by atoms with E-state index in [0.29, 0.717) is 6.42 Å². The van der Waals surface area contributed by atoms with E-state index in [2.05, 4.69) is 13.8 Å². The zero-order valence-electron chi connectivity index (χ0n) is 29.6. The number of allylic oxidation sites excluding steroid dienone is 6. The lowest BCUT2D eigenvalue weighted by atomic mass is 10.0. The van der Waals surface area contributed by atoms with Gasteiger partial charge in [-0.15, -0.1) is 0 Å². The molecule has 0 unspecified atom stereocenters. The number of esters is 2. The number of carbonyl (C=O) groups excluding carboxylic acids is 2. The Morgan fingerprint density at radius 1 is 0.574 bits per heavy atom. The van der Waals surface area contributed by atoms with Crippen molar-refractivity contribution < 1.29 is 39.5 Å². The molecule has 0 spiro atoms. The number of carbonyl (C=O) groups is 2. The van der Waals surface area contributed by atoms with Gasteiger partial charge in [0.15, 0.2) is 6.10 Å². The molecule has 0 rings (SSSR count). The Kier molecular flexibility index (Phi) is 32.0. The lowest BCUT2D eigenvalue weighted by Gasteiger charge is -2.16. The van der Waals surface area contributed by atoms with Crippen LogP contribution >= 0.6 is 0 Å². The zero-order chi connectivity index (χ0) is 34.8. The molecule has 4 atom stereocenters. The fraction of sp³-hybridized carbons (Fsp3) is 0.744. The van der Waals surface area contributed by atoms with Crippen LogP contribution < -0.4 is 0 Å². The van der Waals surface area contributed by atoms with Gasteiger partial charge >= 0.3 is 11.9 Å². The van der Waals surface area contributed by atoms with Gasteiger partial charge in [0.1, 0.15) is 6.61 Å². The van der Waals surface area contributed by atoms with Crippen LogP contribution in [0.3, 0.4) is 0 Å². The predicted molar refractivity (Wildman–Crippen MR) is 191 cm³/mol. The molecule has 0 aromatic heterocycles. The first-order valence-electron chi connectivity index (χ1n) is 18.5. The summed E-state index contributed by atoms with van der Waals surface area (Å²) in [6.07, 6.45) is 31.1. The molecule has 0 amide bonds. The maximum Gasteiger partial charge on any atom is 0.306 e. The van der Waals surface area contributed by atoms with Gasteiger partial charge < -0.3 is 29.9 Å². The number of hydrogen-bond donors (Lipinski definition) is 4. The minimum atomic E-state index is -1.08. The van der Waals surface area contributed by atoms with Gasteiger partial charge in [-0.3, -0.25) is 9.59 Å². The Morgan fingerprint density at radius 2 is 1.06 bits per heavy atom. The van der Waals surface area contributed by atoms with Crippen LogP contribution in [0.2, 0.25) is 0 Å². The highest BCUT2D eigenvalue weighted by Gasteiger charge is 2.17. The minimum absolute atomic E-state index is 0.0318. The molecule has 0 saturated heterocycles. The maximum absolute atomic E-state index is 12.1. The van der Waals surface area contributed by atoms with E-state index in [1.807, 2.05) is 6.08 Å². The molecule has 8 nitrogen and oxygen atoms in total. The van der Waals surface area contributed by atoms with E-state index in [1.165, 1.54) is 70.3 Å². The van der Waals surface area contributed by atoms with Crippen molar-refractivity contribution >= 4 is 11.9 Å². The first-order chi connectivity index (χ1) is 22.8. The normalized spacial score (nSPS) is 14.8. The van der Waals surface area contributed by atoms with Gasteiger partial charge in [0, 0.05) is 12.8 Å². The van der Waals surface area contributed by atoms with Crippen molar-refractivity contribution in [2.75, 3.05) is 13.2 Å². The number of unbranched alkanes of at least 4 members (excludes halogenated alkanes) is 14. The van der Waals surface area contributed by atoms with Crippen LogP contribution in [0, 0.1) is 0 Å². The van der Waals surface area contributed by atoms with E-state index in [-0.39, 0.29) is 25.9 Å². The van der Waals surface area contributed by atoms with Crippen LogP contribution in [0.25, 0.3) is 0 Å². The Morgan fingerprint density at radius 3 is 1.64 bits per heavy atom. The van der Waals surface area contributed by atoms with Crippen molar-refractivity contribution in [1.29, 1.82) is 0 Å². The molecule has 0 radical (unpaired) electrons. The molecule has 0 bridgehead atoms. The van der Waals surface area contributed by atoms with E-state index >= 15 is 0 Å². The Bertz CT molecular complexity index is 850. The molecule has 0 aromatic rings. The van der Waals surface area contributed by atoms with Crippen LogP contribution in [0.5, 0.6) is 0 Å². The summed E-state index contributed by atoms with van der Waals surface area (Å²) in [6.45, 7) is 3.72. The maximum atomic E-state index is 12.1. The summed E-state index contributed by atoms with van der Waals surface area (Å²) in [4.78, 5) is 24.2. The largest absolute Gasteiger partial charge is 0.462 e. The van der Waals surface area contributed by atoms with Crippen LogP contribution in [-0.2, 0) is 19.1 Å². The van der Waals surface area contributed by atoms with Crippen molar-refractivity contribution in [3.63, 3.8) is 0 Å². The lowest BCUT2D eigenvalue weighted by molar-refractivity contribution is -0.161. The van der Waals surface area contributed by atoms with E-state index in [4.69, 9.17) is 9.47 Å². The summed E-state index contributed by atoms with van der Waals surface area (Å²) in [5.41, 5.74) is 0. The number of aliphatic hydroxyl groups excluding tert-OH is 4. The second kappa shape index (κ2) is 33.6. The Labute approximate surface area is 286 Å².